The molecule has 0 aliphatic heterocycles. The van der Waals surface area contributed by atoms with Gasteiger partial charge in [-0.1, -0.05) is 36.4 Å². The second-order valence-electron chi connectivity index (χ2n) is 5.90. The lowest BCUT2D eigenvalue weighted by atomic mass is 10.1. The van der Waals surface area contributed by atoms with Crippen molar-refractivity contribution in [2.24, 2.45) is 4.99 Å². The van der Waals surface area contributed by atoms with Crippen molar-refractivity contribution in [3.63, 3.8) is 0 Å². The molecule has 1 heterocycles. The first-order valence-corrected chi connectivity index (χ1v) is 8.72. The average molecular weight is 468 g/mol. The van der Waals surface area contributed by atoms with Gasteiger partial charge in [0.1, 0.15) is 0 Å². The smallest absolute Gasteiger partial charge is 0.191 e. The molecule has 0 amide bonds. The summed E-state index contributed by atoms with van der Waals surface area (Å²) in [6.45, 7) is 6.32. The number of halogens is 1. The number of rotatable bonds is 8. The molecular formula is C20H29IN4O. The number of benzene rings is 1. The fourth-order valence-electron chi connectivity index (χ4n) is 2.45. The molecule has 142 valence electrons. The minimum atomic E-state index is 0. The fraction of sp³-hybridized carbons (Fsp3) is 0.400. The zero-order chi connectivity index (χ0) is 17.9. The summed E-state index contributed by atoms with van der Waals surface area (Å²) in [5.74, 6) is 0.779. The van der Waals surface area contributed by atoms with E-state index in [1.807, 2.05) is 30.5 Å². The van der Waals surface area contributed by atoms with E-state index in [2.05, 4.69) is 52.7 Å². The van der Waals surface area contributed by atoms with Gasteiger partial charge in [-0.25, -0.2) is 0 Å². The van der Waals surface area contributed by atoms with Crippen molar-refractivity contribution < 1.29 is 4.74 Å². The Hall–Kier alpha value is -1.67. The third-order valence-corrected chi connectivity index (χ3v) is 4.02. The molecule has 0 saturated carbocycles. The Labute approximate surface area is 173 Å². The number of aryl methyl sites for hydroxylation is 1. The number of hydrogen-bond donors (Lipinski definition) is 2. The second kappa shape index (κ2) is 12.6. The molecule has 0 aliphatic rings. The van der Waals surface area contributed by atoms with Crippen LogP contribution in [0.25, 0.3) is 0 Å². The van der Waals surface area contributed by atoms with Gasteiger partial charge in [-0.2, -0.15) is 0 Å². The van der Waals surface area contributed by atoms with Gasteiger partial charge >= 0.3 is 0 Å². The first-order chi connectivity index (χ1) is 12.2. The number of aromatic nitrogens is 1. The van der Waals surface area contributed by atoms with Crippen LogP contribution in [0.3, 0.4) is 0 Å². The Balaban J connectivity index is 0.00000338. The maximum atomic E-state index is 5.88. The summed E-state index contributed by atoms with van der Waals surface area (Å²) in [7, 11) is 1.77. The van der Waals surface area contributed by atoms with E-state index in [1.165, 1.54) is 11.1 Å². The van der Waals surface area contributed by atoms with E-state index >= 15 is 0 Å². The van der Waals surface area contributed by atoms with Crippen LogP contribution in [-0.4, -0.2) is 31.1 Å². The predicted octanol–water partition coefficient (Wildman–Crippen LogP) is 3.84. The average Bonchev–Trinajstić information content (AvgIpc) is 2.65. The van der Waals surface area contributed by atoms with E-state index < -0.39 is 0 Å². The van der Waals surface area contributed by atoms with Crippen LogP contribution in [-0.2, 0) is 11.3 Å². The van der Waals surface area contributed by atoms with Crippen LogP contribution in [0.5, 0.6) is 0 Å². The van der Waals surface area contributed by atoms with Crippen LogP contribution >= 0.6 is 24.0 Å². The molecule has 2 rings (SSSR count). The Morgan fingerprint density at radius 3 is 2.62 bits per heavy atom. The van der Waals surface area contributed by atoms with E-state index in [0.717, 1.165) is 24.6 Å². The number of hydrogen-bond acceptors (Lipinski definition) is 3. The molecule has 1 atom stereocenters. The molecule has 26 heavy (non-hydrogen) atoms. The highest BCUT2D eigenvalue weighted by atomic mass is 127. The molecule has 2 aromatic rings. The summed E-state index contributed by atoms with van der Waals surface area (Å²) in [4.78, 5) is 8.62. The topological polar surface area (TPSA) is 58.5 Å². The molecule has 0 bridgehead atoms. The number of nitrogens with zero attached hydrogens (tertiary/aromatic N) is 2. The normalized spacial score (nSPS) is 12.2. The number of nitrogens with one attached hydrogen (secondary N) is 2. The third kappa shape index (κ3) is 7.70. The third-order valence-electron chi connectivity index (χ3n) is 4.02. The largest absolute Gasteiger partial charge is 0.374 e. The molecule has 6 heteroatoms. The highest BCUT2D eigenvalue weighted by molar-refractivity contribution is 14.0. The number of ether oxygens (including phenoxy) is 1. The number of pyridine rings is 1. The number of aliphatic imine (C=N–C) groups is 1. The quantitative estimate of drug-likeness (QED) is 0.268. The highest BCUT2D eigenvalue weighted by Crippen LogP contribution is 2.15. The van der Waals surface area contributed by atoms with Crippen molar-refractivity contribution in [1.82, 2.24) is 15.6 Å². The van der Waals surface area contributed by atoms with Crippen molar-refractivity contribution in [1.29, 1.82) is 0 Å². The van der Waals surface area contributed by atoms with Gasteiger partial charge in [0.25, 0.3) is 0 Å². The van der Waals surface area contributed by atoms with E-state index in [-0.39, 0.29) is 30.1 Å². The van der Waals surface area contributed by atoms with Crippen LogP contribution in [0, 0.1) is 6.92 Å². The maximum absolute atomic E-state index is 5.88. The van der Waals surface area contributed by atoms with Gasteiger partial charge in [-0.3, -0.25) is 9.98 Å². The van der Waals surface area contributed by atoms with Gasteiger partial charge in [0.15, 0.2) is 5.96 Å². The lowest BCUT2D eigenvalue weighted by Gasteiger charge is -2.15. The molecule has 0 radical (unpaired) electrons. The monoisotopic (exact) mass is 468 g/mol. The van der Waals surface area contributed by atoms with Gasteiger partial charge in [0, 0.05) is 26.4 Å². The number of guanidine groups is 1. The van der Waals surface area contributed by atoms with Crippen LogP contribution in [0.15, 0.2) is 53.7 Å². The Morgan fingerprint density at radius 1 is 1.15 bits per heavy atom. The van der Waals surface area contributed by atoms with Crippen LogP contribution in [0.1, 0.15) is 36.3 Å². The first kappa shape index (κ1) is 22.4. The van der Waals surface area contributed by atoms with Crippen molar-refractivity contribution in [3.05, 3.63) is 65.5 Å². The van der Waals surface area contributed by atoms with E-state index in [1.54, 1.807) is 7.05 Å². The molecule has 0 aliphatic carbocycles. The lowest BCUT2D eigenvalue weighted by Crippen LogP contribution is -2.37. The molecule has 1 aromatic carbocycles. The molecule has 0 spiro atoms. The first-order valence-electron chi connectivity index (χ1n) is 8.72. The van der Waals surface area contributed by atoms with Crippen LogP contribution in [0.2, 0.25) is 0 Å². The zero-order valence-corrected chi connectivity index (χ0v) is 18.1. The summed E-state index contributed by atoms with van der Waals surface area (Å²) in [6, 6.07) is 14.3. The van der Waals surface area contributed by atoms with Gasteiger partial charge in [0.2, 0.25) is 0 Å². The van der Waals surface area contributed by atoms with Gasteiger partial charge in [0.05, 0.1) is 18.3 Å². The fourth-order valence-corrected chi connectivity index (χ4v) is 2.45. The minimum absolute atomic E-state index is 0. The van der Waals surface area contributed by atoms with Gasteiger partial charge in [-0.15, -0.1) is 24.0 Å². The molecule has 2 N–H and O–H groups in total. The van der Waals surface area contributed by atoms with Crippen molar-refractivity contribution in [2.45, 2.75) is 32.9 Å². The maximum Gasteiger partial charge on any atom is 0.191 e. The molecule has 0 saturated heterocycles. The Morgan fingerprint density at radius 2 is 1.92 bits per heavy atom. The minimum Gasteiger partial charge on any atom is -0.374 e. The van der Waals surface area contributed by atoms with E-state index in [9.17, 15) is 0 Å². The van der Waals surface area contributed by atoms with Crippen LogP contribution in [0.4, 0.5) is 0 Å². The predicted molar refractivity (Wildman–Crippen MR) is 118 cm³/mol. The SMILES string of the molecule is CN=C(NCCCOC(C)c1ccccc1)NCc1ncccc1C.I. The molecule has 1 aromatic heterocycles. The van der Waals surface area contributed by atoms with E-state index in [0.29, 0.717) is 13.2 Å². The summed E-state index contributed by atoms with van der Waals surface area (Å²) < 4.78 is 5.88. The molecule has 1 unspecified atom stereocenters. The van der Waals surface area contributed by atoms with Crippen molar-refractivity contribution in [2.75, 3.05) is 20.2 Å². The summed E-state index contributed by atoms with van der Waals surface area (Å²) >= 11 is 0. The molecular weight excluding hydrogens is 439 g/mol. The van der Waals surface area contributed by atoms with Crippen molar-refractivity contribution in [3.8, 4) is 0 Å². The highest BCUT2D eigenvalue weighted by Gasteiger charge is 2.05. The Kier molecular flexibility index (Phi) is 10.9. The van der Waals surface area contributed by atoms with Gasteiger partial charge < -0.3 is 15.4 Å². The zero-order valence-electron chi connectivity index (χ0n) is 15.7. The lowest BCUT2D eigenvalue weighted by molar-refractivity contribution is 0.0646. The second-order valence-corrected chi connectivity index (χ2v) is 5.90. The summed E-state index contributed by atoms with van der Waals surface area (Å²) in [6.07, 6.45) is 2.84. The Bertz CT molecular complexity index is 664. The van der Waals surface area contributed by atoms with Gasteiger partial charge in [-0.05, 0) is 37.5 Å². The van der Waals surface area contributed by atoms with Crippen LogP contribution < -0.4 is 10.6 Å². The molecule has 0 fully saturated rings. The summed E-state index contributed by atoms with van der Waals surface area (Å²) in [5.41, 5.74) is 3.41. The molecule has 5 nitrogen and oxygen atoms in total. The van der Waals surface area contributed by atoms with Crippen molar-refractivity contribution >= 4 is 29.9 Å². The summed E-state index contributed by atoms with van der Waals surface area (Å²) in [5, 5.41) is 6.59. The standard InChI is InChI=1S/C20H28N4O.HI/c1-16-9-7-12-22-19(16)15-24-20(21-3)23-13-8-14-25-17(2)18-10-5-4-6-11-18;/h4-7,9-12,17H,8,13-15H2,1-3H3,(H2,21,23,24);1H. The van der Waals surface area contributed by atoms with E-state index in [4.69, 9.17) is 4.74 Å².